The highest BCUT2D eigenvalue weighted by Crippen LogP contribution is 2.15. The number of rotatable bonds is 4. The van der Waals surface area contributed by atoms with Crippen LogP contribution in [-0.4, -0.2) is 15.7 Å². The van der Waals surface area contributed by atoms with Gasteiger partial charge in [-0.3, -0.25) is 4.79 Å². The minimum absolute atomic E-state index is 0.305. The molecule has 0 atom stereocenters. The maximum Gasteiger partial charge on any atom is 0.256 e. The van der Waals surface area contributed by atoms with E-state index in [1.165, 1.54) is 24.3 Å². The Labute approximate surface area is 141 Å². The molecule has 0 fully saturated rings. The second kappa shape index (κ2) is 6.75. The molecule has 0 saturated heterocycles. The minimum atomic E-state index is -0.374. The Kier molecular flexibility index (Phi) is 4.52. The van der Waals surface area contributed by atoms with Crippen LogP contribution in [0.5, 0.6) is 0 Å². The summed E-state index contributed by atoms with van der Waals surface area (Å²) in [6, 6.07) is 15.0. The summed E-state index contributed by atoms with van der Waals surface area (Å²) in [5.41, 5.74) is 1.45. The zero-order valence-electron chi connectivity index (χ0n) is 12.0. The van der Waals surface area contributed by atoms with E-state index in [2.05, 4.69) is 26.3 Å². The van der Waals surface area contributed by atoms with Crippen molar-refractivity contribution in [3.8, 4) is 0 Å². The van der Waals surface area contributed by atoms with Crippen LogP contribution in [0.4, 0.5) is 10.2 Å². The van der Waals surface area contributed by atoms with Gasteiger partial charge in [0, 0.05) is 16.1 Å². The predicted octanol–water partition coefficient (Wildman–Crippen LogP) is 4.09. The third kappa shape index (κ3) is 3.84. The lowest BCUT2D eigenvalue weighted by Crippen LogP contribution is -2.16. The first-order chi connectivity index (χ1) is 11.1. The Morgan fingerprint density at radius 2 is 1.96 bits per heavy atom. The van der Waals surface area contributed by atoms with E-state index in [1.807, 2.05) is 24.3 Å². The molecule has 1 aromatic heterocycles. The fourth-order valence-electron chi connectivity index (χ4n) is 2.16. The Bertz CT molecular complexity index is 830. The molecule has 0 spiro atoms. The van der Waals surface area contributed by atoms with Gasteiger partial charge < -0.3 is 5.32 Å². The monoisotopic (exact) mass is 373 g/mol. The molecule has 3 aromatic rings. The molecule has 0 aliphatic rings. The van der Waals surface area contributed by atoms with Crippen LogP contribution in [0.1, 0.15) is 15.9 Å². The molecular weight excluding hydrogens is 361 g/mol. The van der Waals surface area contributed by atoms with Gasteiger partial charge in [0.1, 0.15) is 11.6 Å². The van der Waals surface area contributed by atoms with E-state index in [9.17, 15) is 9.18 Å². The van der Waals surface area contributed by atoms with E-state index in [1.54, 1.807) is 16.9 Å². The van der Waals surface area contributed by atoms with E-state index in [0.717, 1.165) is 10.0 Å². The third-order valence-electron chi connectivity index (χ3n) is 3.29. The molecule has 3 rings (SSSR count). The van der Waals surface area contributed by atoms with E-state index in [-0.39, 0.29) is 11.7 Å². The fraction of sp³-hybridized carbons (Fsp3) is 0.0588. The number of carbonyl (C=O) groups excluding carboxylic acids is 1. The number of benzene rings is 2. The van der Waals surface area contributed by atoms with Gasteiger partial charge >= 0.3 is 0 Å². The standard InChI is InChI=1S/C17H13BrFN3O/c18-14-3-1-2-12(10-14)11-22-16(8-9-20-22)21-17(23)13-4-6-15(19)7-5-13/h1-10H,11H2,(H,21,23). The summed E-state index contributed by atoms with van der Waals surface area (Å²) in [4.78, 5) is 12.2. The van der Waals surface area contributed by atoms with Gasteiger partial charge in [-0.25, -0.2) is 9.07 Å². The highest BCUT2D eigenvalue weighted by molar-refractivity contribution is 9.10. The average molecular weight is 374 g/mol. The van der Waals surface area contributed by atoms with Crippen molar-refractivity contribution < 1.29 is 9.18 Å². The van der Waals surface area contributed by atoms with E-state index in [4.69, 9.17) is 0 Å². The summed E-state index contributed by atoms with van der Waals surface area (Å²) in [6.45, 7) is 0.533. The van der Waals surface area contributed by atoms with Crippen LogP contribution in [0.2, 0.25) is 0 Å². The summed E-state index contributed by atoms with van der Waals surface area (Å²) in [5.74, 6) is -0.0958. The molecular formula is C17H13BrFN3O. The second-order valence-corrected chi connectivity index (χ2v) is 5.88. The third-order valence-corrected chi connectivity index (χ3v) is 3.78. The maximum absolute atomic E-state index is 12.9. The molecule has 1 heterocycles. The highest BCUT2D eigenvalue weighted by atomic mass is 79.9. The fourth-order valence-corrected chi connectivity index (χ4v) is 2.61. The highest BCUT2D eigenvalue weighted by Gasteiger charge is 2.10. The number of aromatic nitrogens is 2. The first-order valence-corrected chi connectivity index (χ1v) is 7.74. The van der Waals surface area contributed by atoms with Crippen molar-refractivity contribution in [2.75, 3.05) is 5.32 Å². The molecule has 1 N–H and O–H groups in total. The Morgan fingerprint density at radius 1 is 1.17 bits per heavy atom. The van der Waals surface area contributed by atoms with Gasteiger partial charge in [-0.05, 0) is 42.0 Å². The number of halogens is 2. The zero-order chi connectivity index (χ0) is 16.2. The first-order valence-electron chi connectivity index (χ1n) is 6.95. The molecule has 0 radical (unpaired) electrons. The molecule has 4 nitrogen and oxygen atoms in total. The molecule has 0 aliphatic heterocycles. The molecule has 0 aliphatic carbocycles. The quantitative estimate of drug-likeness (QED) is 0.748. The van der Waals surface area contributed by atoms with Gasteiger partial charge in [-0.2, -0.15) is 5.10 Å². The predicted molar refractivity (Wildman–Crippen MR) is 89.8 cm³/mol. The lowest BCUT2D eigenvalue weighted by Gasteiger charge is -2.09. The molecule has 2 aromatic carbocycles. The normalized spacial score (nSPS) is 10.5. The van der Waals surface area contributed by atoms with Crippen LogP contribution in [0, 0.1) is 5.82 Å². The lowest BCUT2D eigenvalue weighted by molar-refractivity contribution is 0.102. The van der Waals surface area contributed by atoms with Gasteiger partial charge in [0.25, 0.3) is 5.91 Å². The lowest BCUT2D eigenvalue weighted by atomic mass is 10.2. The van der Waals surface area contributed by atoms with Crippen LogP contribution in [0.3, 0.4) is 0 Å². The molecule has 0 bridgehead atoms. The maximum atomic E-state index is 12.9. The number of anilines is 1. The summed E-state index contributed by atoms with van der Waals surface area (Å²) in [6.07, 6.45) is 1.62. The molecule has 1 amide bonds. The summed E-state index contributed by atoms with van der Waals surface area (Å²) in [5, 5.41) is 7.02. The van der Waals surface area contributed by atoms with Crippen molar-refractivity contribution >= 4 is 27.7 Å². The topological polar surface area (TPSA) is 46.9 Å². The number of nitrogens with zero attached hydrogens (tertiary/aromatic N) is 2. The Hall–Kier alpha value is -2.47. The Balaban J connectivity index is 1.75. The first kappa shape index (κ1) is 15.4. The van der Waals surface area contributed by atoms with Crippen LogP contribution < -0.4 is 5.32 Å². The van der Waals surface area contributed by atoms with Crippen molar-refractivity contribution in [1.82, 2.24) is 9.78 Å². The number of hydrogen-bond acceptors (Lipinski definition) is 2. The molecule has 0 saturated carbocycles. The van der Waals surface area contributed by atoms with Crippen LogP contribution in [0.25, 0.3) is 0 Å². The summed E-state index contributed by atoms with van der Waals surface area (Å²) in [7, 11) is 0. The van der Waals surface area contributed by atoms with Crippen molar-refractivity contribution in [2.24, 2.45) is 0 Å². The van der Waals surface area contributed by atoms with Crippen molar-refractivity contribution in [1.29, 1.82) is 0 Å². The van der Waals surface area contributed by atoms with E-state index >= 15 is 0 Å². The SMILES string of the molecule is O=C(Nc1ccnn1Cc1cccc(Br)c1)c1ccc(F)cc1. The van der Waals surface area contributed by atoms with Gasteiger partial charge in [0.05, 0.1) is 12.7 Å². The molecule has 116 valence electrons. The molecule has 23 heavy (non-hydrogen) atoms. The summed E-state index contributed by atoms with van der Waals surface area (Å²) >= 11 is 3.43. The van der Waals surface area contributed by atoms with E-state index in [0.29, 0.717) is 17.9 Å². The number of amides is 1. The molecule has 6 heteroatoms. The number of carbonyl (C=O) groups is 1. The van der Waals surface area contributed by atoms with Gasteiger partial charge in [-0.15, -0.1) is 0 Å². The van der Waals surface area contributed by atoms with Crippen LogP contribution >= 0.6 is 15.9 Å². The second-order valence-electron chi connectivity index (χ2n) is 4.97. The van der Waals surface area contributed by atoms with Crippen molar-refractivity contribution in [2.45, 2.75) is 6.54 Å². The minimum Gasteiger partial charge on any atom is -0.307 e. The van der Waals surface area contributed by atoms with Gasteiger partial charge in [0.2, 0.25) is 0 Å². The van der Waals surface area contributed by atoms with Crippen LogP contribution in [0.15, 0.2) is 65.3 Å². The average Bonchev–Trinajstić information content (AvgIpc) is 2.95. The van der Waals surface area contributed by atoms with Crippen LogP contribution in [-0.2, 0) is 6.54 Å². The smallest absolute Gasteiger partial charge is 0.256 e. The van der Waals surface area contributed by atoms with Crippen molar-refractivity contribution in [3.63, 3.8) is 0 Å². The largest absolute Gasteiger partial charge is 0.307 e. The zero-order valence-corrected chi connectivity index (χ0v) is 13.6. The van der Waals surface area contributed by atoms with Crippen molar-refractivity contribution in [3.05, 3.63) is 82.2 Å². The van der Waals surface area contributed by atoms with Gasteiger partial charge in [-0.1, -0.05) is 28.1 Å². The number of nitrogens with one attached hydrogen (secondary N) is 1. The number of hydrogen-bond donors (Lipinski definition) is 1. The van der Waals surface area contributed by atoms with Gasteiger partial charge in [0.15, 0.2) is 0 Å². The summed E-state index contributed by atoms with van der Waals surface area (Å²) < 4.78 is 15.6. The molecule has 0 unspecified atom stereocenters. The Morgan fingerprint density at radius 3 is 2.70 bits per heavy atom. The van der Waals surface area contributed by atoms with E-state index < -0.39 is 0 Å².